The van der Waals surface area contributed by atoms with Crippen LogP contribution in [0.1, 0.15) is 37.7 Å². The molecule has 0 bridgehead atoms. The summed E-state index contributed by atoms with van der Waals surface area (Å²) in [6.07, 6.45) is -0.750. The van der Waals surface area contributed by atoms with Crippen LogP contribution in [0.2, 0.25) is 0 Å². The number of ether oxygens (including phenoxy) is 3. The standard InChI is InChI=1S/C19H18FNO6/c1-9-16(19(24)25-3)10(2)21-17(9)13(22)8-26-18(23)15-7-11-6-12(20)4-5-14(11)27-15/h4-6,15,21H,7-8H2,1-3H3/t15-/m0/s1. The molecule has 1 N–H and O–H groups in total. The Labute approximate surface area is 154 Å². The van der Waals surface area contributed by atoms with Gasteiger partial charge in [-0.2, -0.15) is 0 Å². The largest absolute Gasteiger partial charge is 0.478 e. The SMILES string of the molecule is COC(=O)c1c(C)[nH]c(C(=O)COC(=O)[C@@H]2Cc3cc(F)ccc3O2)c1C. The Morgan fingerprint density at radius 3 is 2.74 bits per heavy atom. The molecule has 2 heterocycles. The zero-order chi connectivity index (χ0) is 19.7. The van der Waals surface area contributed by atoms with Crippen LogP contribution >= 0.6 is 0 Å². The van der Waals surface area contributed by atoms with Crippen molar-refractivity contribution in [3.8, 4) is 5.75 Å². The minimum absolute atomic E-state index is 0.174. The average Bonchev–Trinajstić information content (AvgIpc) is 3.19. The van der Waals surface area contributed by atoms with Crippen LogP contribution in [-0.2, 0) is 20.7 Å². The number of aromatic nitrogens is 1. The van der Waals surface area contributed by atoms with Gasteiger partial charge in [0.2, 0.25) is 5.78 Å². The van der Waals surface area contributed by atoms with E-state index in [0.717, 1.165) is 0 Å². The van der Waals surface area contributed by atoms with Gasteiger partial charge in [0.25, 0.3) is 0 Å². The Kier molecular flexibility index (Phi) is 4.98. The molecule has 1 aromatic carbocycles. The van der Waals surface area contributed by atoms with Crippen molar-refractivity contribution >= 4 is 17.7 Å². The lowest BCUT2D eigenvalue weighted by Gasteiger charge is -2.10. The Balaban J connectivity index is 1.63. The van der Waals surface area contributed by atoms with Crippen LogP contribution in [0, 0.1) is 19.7 Å². The first-order chi connectivity index (χ1) is 12.8. The number of nitrogens with one attached hydrogen (secondary N) is 1. The zero-order valence-electron chi connectivity index (χ0n) is 15.1. The molecule has 0 radical (unpaired) electrons. The van der Waals surface area contributed by atoms with Crippen LogP contribution in [0.3, 0.4) is 0 Å². The Bertz CT molecular complexity index is 933. The third kappa shape index (κ3) is 3.55. The van der Waals surface area contributed by atoms with Crippen molar-refractivity contribution in [3.05, 3.63) is 52.1 Å². The third-order valence-corrected chi connectivity index (χ3v) is 4.41. The molecule has 1 atom stereocenters. The number of aryl methyl sites for hydroxylation is 1. The van der Waals surface area contributed by atoms with Crippen LogP contribution in [0.5, 0.6) is 5.75 Å². The molecule has 1 aliphatic rings. The predicted octanol–water partition coefficient (Wildman–Crippen LogP) is 2.29. The summed E-state index contributed by atoms with van der Waals surface area (Å²) in [6.45, 7) is 2.74. The van der Waals surface area contributed by atoms with Crippen molar-refractivity contribution in [3.63, 3.8) is 0 Å². The number of esters is 2. The molecular formula is C19H18FNO6. The van der Waals surface area contributed by atoms with Crippen molar-refractivity contribution in [2.45, 2.75) is 26.4 Å². The van der Waals surface area contributed by atoms with E-state index in [4.69, 9.17) is 14.2 Å². The van der Waals surface area contributed by atoms with Gasteiger partial charge in [-0.25, -0.2) is 14.0 Å². The fourth-order valence-corrected chi connectivity index (χ4v) is 3.09. The van der Waals surface area contributed by atoms with Crippen molar-refractivity contribution < 1.29 is 33.0 Å². The van der Waals surface area contributed by atoms with Gasteiger partial charge in [0.05, 0.1) is 18.4 Å². The summed E-state index contributed by atoms with van der Waals surface area (Å²) in [5.41, 5.74) is 1.95. The fraction of sp³-hybridized carbons (Fsp3) is 0.316. The minimum Gasteiger partial charge on any atom is -0.478 e. The van der Waals surface area contributed by atoms with Gasteiger partial charge in [0, 0.05) is 17.7 Å². The van der Waals surface area contributed by atoms with Gasteiger partial charge in [-0.1, -0.05) is 0 Å². The molecule has 1 aliphatic heterocycles. The second-order valence-electron chi connectivity index (χ2n) is 6.21. The number of carbonyl (C=O) groups is 3. The lowest BCUT2D eigenvalue weighted by molar-refractivity contribution is -0.149. The number of Topliss-reactive ketones (excluding diaryl/α,β-unsaturated/α-hetero) is 1. The number of hydrogen-bond acceptors (Lipinski definition) is 6. The van der Waals surface area contributed by atoms with Crippen LogP contribution in [-0.4, -0.2) is 42.5 Å². The monoisotopic (exact) mass is 375 g/mol. The van der Waals surface area contributed by atoms with E-state index in [-0.39, 0.29) is 17.7 Å². The molecule has 0 amide bonds. The number of methoxy groups -OCH3 is 1. The lowest BCUT2D eigenvalue weighted by Crippen LogP contribution is -2.29. The highest BCUT2D eigenvalue weighted by Gasteiger charge is 2.31. The molecule has 7 nitrogen and oxygen atoms in total. The number of halogens is 1. The van der Waals surface area contributed by atoms with Gasteiger partial charge in [0.1, 0.15) is 11.6 Å². The van der Waals surface area contributed by atoms with Crippen LogP contribution in [0.25, 0.3) is 0 Å². The van der Waals surface area contributed by atoms with E-state index in [1.165, 1.54) is 25.3 Å². The number of fused-ring (bicyclic) bond motifs is 1. The van der Waals surface area contributed by atoms with Crippen molar-refractivity contribution in [2.24, 2.45) is 0 Å². The molecule has 0 saturated carbocycles. The Hall–Kier alpha value is -3.16. The van der Waals surface area contributed by atoms with Crippen molar-refractivity contribution in [2.75, 3.05) is 13.7 Å². The molecular weight excluding hydrogens is 357 g/mol. The molecule has 0 saturated heterocycles. The van der Waals surface area contributed by atoms with Crippen LogP contribution in [0.4, 0.5) is 4.39 Å². The van der Waals surface area contributed by atoms with Gasteiger partial charge < -0.3 is 19.2 Å². The normalized spacial score (nSPS) is 15.0. The number of rotatable bonds is 5. The van der Waals surface area contributed by atoms with E-state index in [1.807, 2.05) is 0 Å². The highest BCUT2D eigenvalue weighted by molar-refractivity contribution is 6.02. The second kappa shape index (κ2) is 7.22. The molecule has 142 valence electrons. The summed E-state index contributed by atoms with van der Waals surface area (Å²) in [5, 5.41) is 0. The molecule has 0 fully saturated rings. The number of carbonyl (C=O) groups excluding carboxylic acids is 3. The molecule has 0 spiro atoms. The topological polar surface area (TPSA) is 94.7 Å². The molecule has 0 unspecified atom stereocenters. The maximum Gasteiger partial charge on any atom is 0.348 e. The van der Waals surface area contributed by atoms with Gasteiger partial charge in [0.15, 0.2) is 12.7 Å². The average molecular weight is 375 g/mol. The van der Waals surface area contributed by atoms with Crippen molar-refractivity contribution in [1.82, 2.24) is 4.98 Å². The predicted molar refractivity (Wildman–Crippen MR) is 91.4 cm³/mol. The van der Waals surface area contributed by atoms with Crippen molar-refractivity contribution in [1.29, 1.82) is 0 Å². The molecule has 1 aromatic heterocycles. The summed E-state index contributed by atoms with van der Waals surface area (Å²) >= 11 is 0. The summed E-state index contributed by atoms with van der Waals surface area (Å²) < 4.78 is 28.4. The summed E-state index contributed by atoms with van der Waals surface area (Å²) in [7, 11) is 1.25. The highest BCUT2D eigenvalue weighted by atomic mass is 19.1. The molecule has 8 heteroatoms. The number of ketones is 1. The fourth-order valence-electron chi connectivity index (χ4n) is 3.09. The number of benzene rings is 1. The minimum atomic E-state index is -0.924. The second-order valence-corrected chi connectivity index (χ2v) is 6.21. The molecule has 0 aliphatic carbocycles. The molecule has 3 rings (SSSR count). The molecule has 27 heavy (non-hydrogen) atoms. The maximum absolute atomic E-state index is 13.2. The Morgan fingerprint density at radius 2 is 2.04 bits per heavy atom. The highest BCUT2D eigenvalue weighted by Crippen LogP contribution is 2.29. The van der Waals surface area contributed by atoms with Gasteiger partial charge >= 0.3 is 11.9 Å². The number of hydrogen-bond donors (Lipinski definition) is 1. The smallest absolute Gasteiger partial charge is 0.348 e. The van der Waals surface area contributed by atoms with E-state index in [1.54, 1.807) is 13.8 Å². The maximum atomic E-state index is 13.2. The molecule has 2 aromatic rings. The van der Waals surface area contributed by atoms with E-state index < -0.39 is 36.2 Å². The van der Waals surface area contributed by atoms with Crippen LogP contribution in [0.15, 0.2) is 18.2 Å². The third-order valence-electron chi connectivity index (χ3n) is 4.41. The number of H-pyrrole nitrogens is 1. The van der Waals surface area contributed by atoms with E-state index >= 15 is 0 Å². The quantitative estimate of drug-likeness (QED) is 0.636. The van der Waals surface area contributed by atoms with Gasteiger partial charge in [-0.15, -0.1) is 0 Å². The number of aromatic amines is 1. The van der Waals surface area contributed by atoms with Crippen LogP contribution < -0.4 is 4.74 Å². The van der Waals surface area contributed by atoms with Gasteiger partial charge in [-0.3, -0.25) is 4.79 Å². The summed E-state index contributed by atoms with van der Waals surface area (Å²) in [6, 6.07) is 3.99. The zero-order valence-corrected chi connectivity index (χ0v) is 15.1. The lowest BCUT2D eigenvalue weighted by atomic mass is 10.1. The summed E-state index contributed by atoms with van der Waals surface area (Å²) in [5.74, 6) is -1.75. The first-order valence-electron chi connectivity index (χ1n) is 8.24. The van der Waals surface area contributed by atoms with E-state index in [0.29, 0.717) is 22.6 Å². The first kappa shape index (κ1) is 18.6. The van der Waals surface area contributed by atoms with E-state index in [2.05, 4.69) is 4.98 Å². The summed E-state index contributed by atoms with van der Waals surface area (Å²) in [4.78, 5) is 39.1. The van der Waals surface area contributed by atoms with Gasteiger partial charge in [-0.05, 0) is 37.6 Å². The first-order valence-corrected chi connectivity index (χ1v) is 8.24. The Morgan fingerprint density at radius 1 is 1.30 bits per heavy atom. The van der Waals surface area contributed by atoms with E-state index in [9.17, 15) is 18.8 Å².